The van der Waals surface area contributed by atoms with Crippen LogP contribution in [0.1, 0.15) is 42.5 Å². The predicted molar refractivity (Wildman–Crippen MR) is 220 cm³/mol. The highest BCUT2D eigenvalue weighted by molar-refractivity contribution is 5.87. The molecular weight excluding hydrogens is 833 g/mol. The first-order chi connectivity index (χ1) is 30.0. The van der Waals surface area contributed by atoms with Gasteiger partial charge < -0.3 is 35.4 Å². The SMILES string of the molecule is COC(=O)NC(C(=O)N[C@@H](Cc1ccc(C#Cc2ccc(N3CC4CC(C3)N4C3COC3)nc2)cc1)[C@@H](O)CNCc1c(F)cc(-c2cc(F)ccn2)cc1F)C(C)(C)C(F)(F)F. The van der Waals surface area contributed by atoms with Gasteiger partial charge in [-0.05, 0) is 74.7 Å². The highest BCUT2D eigenvalue weighted by Crippen LogP contribution is 2.41. The molecule has 4 aliphatic heterocycles. The second kappa shape index (κ2) is 18.9. The van der Waals surface area contributed by atoms with Crippen molar-refractivity contribution in [3.05, 3.63) is 113 Å². The number of ether oxygens (including phenoxy) is 2. The molecule has 0 saturated carbocycles. The number of aliphatic hydroxyl groups excluding tert-OH is 1. The zero-order chi connectivity index (χ0) is 45.1. The standard InChI is InChI=1S/C45H47F6N7O5/c1-44(2,45(49,50)51)41(56-43(61)62-3)42(60)55-38(39(59)21-52-20-34-35(47)15-29(16-36(34)48)37-17-30(46)12-13-53-37)14-27-7-4-26(5-8-27)6-9-28-10-11-40(54-19-28)57-22-31-18-32(23-57)58(31)33-24-63-25-33/h4-5,7-8,10-13,15-17,19,31-33,38-39,41,52,59H,14,18,20-25H2,1-3H3,(H,55,60)(H,56,61)/t31?,32?,38-,39-,41?/m0/s1. The first-order valence-corrected chi connectivity index (χ1v) is 20.4. The van der Waals surface area contributed by atoms with Crippen molar-refractivity contribution in [2.24, 2.45) is 5.41 Å². The second-order valence-electron chi connectivity index (χ2n) is 16.5. The number of anilines is 1. The number of aromatic nitrogens is 2. The number of piperazine rings is 1. The number of carbonyl (C=O) groups excluding carboxylic acids is 2. The van der Waals surface area contributed by atoms with Gasteiger partial charge >= 0.3 is 12.3 Å². The van der Waals surface area contributed by atoms with Crippen molar-refractivity contribution in [3.8, 4) is 23.1 Å². The quantitative estimate of drug-likeness (QED) is 0.0999. The predicted octanol–water partition coefficient (Wildman–Crippen LogP) is 5.11. The summed E-state index contributed by atoms with van der Waals surface area (Å²) in [7, 11) is 0.930. The van der Waals surface area contributed by atoms with Gasteiger partial charge in [-0.25, -0.2) is 22.9 Å². The van der Waals surface area contributed by atoms with E-state index in [1.54, 1.807) is 30.5 Å². The van der Waals surface area contributed by atoms with E-state index in [2.05, 4.69) is 47.0 Å². The maximum atomic E-state index is 15.1. The number of carbonyl (C=O) groups is 2. The number of alkyl halides is 3. The topological polar surface area (TPSA) is 141 Å². The highest BCUT2D eigenvalue weighted by Gasteiger charge is 2.56. The fourth-order valence-corrected chi connectivity index (χ4v) is 8.02. The van der Waals surface area contributed by atoms with Crippen LogP contribution in [0.4, 0.5) is 37.0 Å². The van der Waals surface area contributed by atoms with E-state index in [1.807, 2.05) is 17.4 Å². The molecule has 2 aromatic heterocycles. The molecule has 5 atom stereocenters. The summed E-state index contributed by atoms with van der Waals surface area (Å²) in [6.07, 6.45) is -3.83. The molecule has 0 aliphatic carbocycles. The van der Waals surface area contributed by atoms with E-state index >= 15 is 8.78 Å². The number of fused-ring (bicyclic) bond motifs is 2. The van der Waals surface area contributed by atoms with Gasteiger partial charge in [0.2, 0.25) is 5.91 Å². The average Bonchev–Trinajstić information content (AvgIpc) is 3.23. The molecule has 18 heteroatoms. The molecule has 0 spiro atoms. The monoisotopic (exact) mass is 879 g/mol. The Morgan fingerprint density at radius 1 is 0.921 bits per heavy atom. The van der Waals surface area contributed by atoms with Crippen LogP contribution in [0.25, 0.3) is 11.3 Å². The molecule has 8 rings (SSSR count). The number of halogens is 6. The van der Waals surface area contributed by atoms with Gasteiger partial charge in [-0.2, -0.15) is 13.2 Å². The Labute approximate surface area is 360 Å². The first-order valence-electron chi connectivity index (χ1n) is 20.4. The van der Waals surface area contributed by atoms with Crippen molar-refractivity contribution in [3.63, 3.8) is 0 Å². The van der Waals surface area contributed by atoms with Crippen LogP contribution >= 0.6 is 0 Å². The smallest absolute Gasteiger partial charge is 0.407 e. The van der Waals surface area contributed by atoms with Gasteiger partial charge in [0, 0.05) is 79.0 Å². The number of hydrogen-bond acceptors (Lipinski definition) is 10. The number of benzene rings is 2. The lowest BCUT2D eigenvalue weighted by Gasteiger charge is -2.60. The number of piperidine rings is 1. The van der Waals surface area contributed by atoms with Crippen LogP contribution in [0.5, 0.6) is 0 Å². The molecule has 0 radical (unpaired) electrons. The molecule has 4 fully saturated rings. The largest absolute Gasteiger partial charge is 0.453 e. The fraction of sp³-hybridized carbons (Fsp3) is 0.422. The molecule has 6 heterocycles. The molecule has 4 aromatic rings. The Morgan fingerprint density at radius 3 is 2.17 bits per heavy atom. The summed E-state index contributed by atoms with van der Waals surface area (Å²) in [6, 6.07) is 12.8. The van der Waals surface area contributed by atoms with Gasteiger partial charge in [0.25, 0.3) is 0 Å². The molecule has 334 valence electrons. The minimum absolute atomic E-state index is 0.00713. The number of pyridine rings is 2. The van der Waals surface area contributed by atoms with E-state index in [1.165, 1.54) is 6.42 Å². The number of rotatable bonds is 14. The first kappa shape index (κ1) is 45.3. The van der Waals surface area contributed by atoms with Crippen LogP contribution in [0.15, 0.2) is 73.1 Å². The third-order valence-electron chi connectivity index (χ3n) is 11.9. The zero-order valence-corrected chi connectivity index (χ0v) is 34.7. The minimum atomic E-state index is -4.96. The molecule has 12 nitrogen and oxygen atoms in total. The van der Waals surface area contributed by atoms with Crippen molar-refractivity contribution in [2.75, 3.05) is 44.9 Å². The molecule has 2 amide bonds. The number of amides is 2. The van der Waals surface area contributed by atoms with Crippen LogP contribution in [-0.2, 0) is 27.2 Å². The lowest BCUT2D eigenvalue weighted by Crippen LogP contribution is -2.74. The highest BCUT2D eigenvalue weighted by atomic mass is 19.4. The molecule has 63 heavy (non-hydrogen) atoms. The molecule has 2 bridgehead atoms. The van der Waals surface area contributed by atoms with E-state index in [4.69, 9.17) is 4.74 Å². The molecule has 4 aliphatic rings. The van der Waals surface area contributed by atoms with Crippen LogP contribution in [0, 0.1) is 34.7 Å². The third kappa shape index (κ3) is 10.4. The Hall–Kier alpha value is -5.74. The van der Waals surface area contributed by atoms with E-state index in [-0.39, 0.29) is 17.7 Å². The van der Waals surface area contributed by atoms with Crippen molar-refractivity contribution < 1.29 is 50.5 Å². The van der Waals surface area contributed by atoms with Gasteiger partial charge in [0.05, 0.1) is 49.6 Å². The fourth-order valence-electron chi connectivity index (χ4n) is 8.02. The number of alkyl carbamates (subject to hydrolysis) is 1. The number of nitrogens with one attached hydrogen (secondary N) is 3. The van der Waals surface area contributed by atoms with Crippen molar-refractivity contribution in [2.45, 2.75) is 75.7 Å². The molecule has 4 N–H and O–H groups in total. The molecule has 2 aromatic carbocycles. The van der Waals surface area contributed by atoms with E-state index < -0.39 is 77.9 Å². The maximum absolute atomic E-state index is 15.1. The van der Waals surface area contributed by atoms with Gasteiger partial charge in [0.1, 0.15) is 29.3 Å². The van der Waals surface area contributed by atoms with Crippen LogP contribution in [-0.4, -0.2) is 114 Å². The normalized spacial score (nSPS) is 19.1. The minimum Gasteiger partial charge on any atom is -0.453 e. The number of hydrogen-bond donors (Lipinski definition) is 4. The Kier molecular flexibility index (Phi) is 13.6. The van der Waals surface area contributed by atoms with Crippen LogP contribution in [0.2, 0.25) is 0 Å². The molecular formula is C45H47F6N7O5. The number of nitrogens with zero attached hydrogens (tertiary/aromatic N) is 4. The van der Waals surface area contributed by atoms with Crippen molar-refractivity contribution >= 4 is 17.8 Å². The average molecular weight is 880 g/mol. The van der Waals surface area contributed by atoms with E-state index in [9.17, 15) is 32.3 Å². The Bertz CT molecular complexity index is 2300. The zero-order valence-electron chi connectivity index (χ0n) is 34.7. The van der Waals surface area contributed by atoms with Crippen LogP contribution in [0.3, 0.4) is 0 Å². The summed E-state index contributed by atoms with van der Waals surface area (Å²) in [5.41, 5.74) is -1.33. The van der Waals surface area contributed by atoms with Gasteiger partial charge in [-0.3, -0.25) is 14.7 Å². The summed E-state index contributed by atoms with van der Waals surface area (Å²) < 4.78 is 96.4. The van der Waals surface area contributed by atoms with Gasteiger partial charge in [-0.1, -0.05) is 24.0 Å². The number of aliphatic hydroxyl groups is 1. The van der Waals surface area contributed by atoms with Crippen molar-refractivity contribution in [1.29, 1.82) is 0 Å². The molecule has 4 saturated heterocycles. The summed E-state index contributed by atoms with van der Waals surface area (Å²) in [5, 5.41) is 18.5. The van der Waals surface area contributed by atoms with E-state index in [0.717, 1.165) is 83.5 Å². The molecule has 3 unspecified atom stereocenters. The number of methoxy groups -OCH3 is 1. The van der Waals surface area contributed by atoms with Crippen molar-refractivity contribution in [1.82, 2.24) is 30.8 Å². The summed E-state index contributed by atoms with van der Waals surface area (Å²) in [5.74, 6) is 3.21. The van der Waals surface area contributed by atoms with E-state index in [0.29, 0.717) is 34.8 Å². The van der Waals surface area contributed by atoms with Gasteiger partial charge in [-0.15, -0.1) is 0 Å². The third-order valence-corrected chi connectivity index (χ3v) is 11.9. The lowest BCUT2D eigenvalue weighted by atomic mass is 9.82. The second-order valence-corrected chi connectivity index (χ2v) is 16.5. The van der Waals surface area contributed by atoms with Crippen LogP contribution < -0.4 is 20.9 Å². The Morgan fingerprint density at radius 2 is 1.59 bits per heavy atom. The van der Waals surface area contributed by atoms with Gasteiger partial charge in [0.15, 0.2) is 0 Å². The lowest BCUT2D eigenvalue weighted by molar-refractivity contribution is -0.220. The summed E-state index contributed by atoms with van der Waals surface area (Å²) >= 11 is 0. The summed E-state index contributed by atoms with van der Waals surface area (Å²) in [4.78, 5) is 39.2. The maximum Gasteiger partial charge on any atom is 0.407 e. The summed E-state index contributed by atoms with van der Waals surface area (Å²) in [6.45, 7) is 4.08. The Balaban J connectivity index is 1.02.